The van der Waals surface area contributed by atoms with Crippen molar-refractivity contribution in [1.29, 1.82) is 0 Å². The van der Waals surface area contributed by atoms with E-state index in [-0.39, 0.29) is 0 Å². The maximum Gasteiger partial charge on any atom is 0.0967 e. The van der Waals surface area contributed by atoms with E-state index < -0.39 is 0 Å². The molecule has 18 nitrogen and oxygen atoms in total. The third-order valence-corrected chi connectivity index (χ3v) is 9.05. The van der Waals surface area contributed by atoms with Crippen molar-refractivity contribution in [2.75, 3.05) is 65.9 Å². The molecular weight excluding hydrogens is 717 g/mol. The molecule has 0 N–H and O–H groups in total. The zero-order valence-electron chi connectivity index (χ0n) is 34.6. The Bertz CT molecular complexity index is 1320. The van der Waals surface area contributed by atoms with Crippen LogP contribution in [-0.4, -0.2) is 136 Å². The van der Waals surface area contributed by atoms with Gasteiger partial charge in [0.1, 0.15) is 0 Å². The van der Waals surface area contributed by atoms with Crippen LogP contribution in [0.25, 0.3) is 0 Å². The number of ether oxygens (including phenoxy) is 4. The molecule has 0 aromatic carbocycles. The zero-order valence-corrected chi connectivity index (χ0v) is 34.6. The molecule has 0 aliphatic rings. The van der Waals surface area contributed by atoms with Gasteiger partial charge in [0.05, 0.1) is 75.4 Å². The van der Waals surface area contributed by atoms with Crippen LogP contribution in [0.2, 0.25) is 0 Å². The van der Waals surface area contributed by atoms with Crippen LogP contribution in [-0.2, 0) is 71.3 Å². The van der Waals surface area contributed by atoms with Gasteiger partial charge in [0, 0.05) is 90.5 Å². The Morgan fingerprint density at radius 2 is 0.643 bits per heavy atom. The minimum Gasteiger partial charge on any atom is -0.380 e. The van der Waals surface area contributed by atoms with E-state index in [2.05, 4.69) is 78.7 Å². The average Bonchev–Trinajstić information content (AvgIpc) is 4.03. The van der Waals surface area contributed by atoms with Gasteiger partial charge in [-0.3, -0.25) is 9.80 Å². The zero-order chi connectivity index (χ0) is 39.5. The van der Waals surface area contributed by atoms with E-state index in [4.69, 9.17) is 18.9 Å². The second-order valence-electron chi connectivity index (χ2n) is 14.2. The van der Waals surface area contributed by atoms with Gasteiger partial charge in [0.15, 0.2) is 0 Å². The summed E-state index contributed by atoms with van der Waals surface area (Å²) >= 11 is 0. The summed E-state index contributed by atoms with van der Waals surface area (Å²) in [5.41, 5.74) is 3.54. The van der Waals surface area contributed by atoms with Gasteiger partial charge in [-0.25, -0.2) is 18.7 Å². The maximum absolute atomic E-state index is 5.76. The molecule has 4 heterocycles. The molecule has 4 rings (SSSR count). The van der Waals surface area contributed by atoms with Crippen LogP contribution in [0.5, 0.6) is 0 Å². The van der Waals surface area contributed by atoms with E-state index in [1.807, 2.05) is 43.5 Å². The first kappa shape index (κ1) is 45.0. The number of aromatic nitrogens is 12. The van der Waals surface area contributed by atoms with Crippen molar-refractivity contribution in [3.63, 3.8) is 0 Å². The van der Waals surface area contributed by atoms with Gasteiger partial charge in [0.2, 0.25) is 0 Å². The number of hydrogen-bond acceptors (Lipinski definition) is 14. The van der Waals surface area contributed by atoms with Gasteiger partial charge in [-0.1, -0.05) is 74.2 Å². The number of unbranched alkanes of at least 4 members (excludes halogenated alkanes) is 4. The van der Waals surface area contributed by atoms with Gasteiger partial charge in [-0.05, 0) is 25.7 Å². The number of nitrogens with zero attached hydrogens (tertiary/aromatic N) is 14. The van der Waals surface area contributed by atoms with Gasteiger partial charge in [-0.15, -0.1) is 20.4 Å². The van der Waals surface area contributed by atoms with E-state index in [0.29, 0.717) is 78.8 Å². The third-order valence-electron chi connectivity index (χ3n) is 9.05. The standard InChI is InChI=1S/C38H68N14O4/c1-5-9-19-53-23-15-49-31-35(39-43-49)27-47(28-36-32-50(44-40-36)16-24-54-20-10-6-2)13-14-48(29-37-33-51(45-41-37)17-25-55-21-11-7-3)30-38-34-52(46-42-38)18-26-56-22-12-8-4/h31-34H,5-30H2,1-4H3. The monoisotopic (exact) mass is 785 g/mol. The summed E-state index contributed by atoms with van der Waals surface area (Å²) < 4.78 is 30.5. The maximum atomic E-state index is 5.76. The first-order valence-electron chi connectivity index (χ1n) is 20.9. The molecule has 0 aliphatic carbocycles. The fourth-order valence-corrected chi connectivity index (χ4v) is 5.73. The topological polar surface area (TPSA) is 166 Å². The normalized spacial score (nSPS) is 11.9. The third kappa shape index (κ3) is 18.5. The van der Waals surface area contributed by atoms with E-state index in [0.717, 1.165) is 114 Å². The Morgan fingerprint density at radius 1 is 0.393 bits per heavy atom. The lowest BCUT2D eigenvalue weighted by molar-refractivity contribution is 0.120. The lowest BCUT2D eigenvalue weighted by Gasteiger charge is -2.25. The van der Waals surface area contributed by atoms with E-state index >= 15 is 0 Å². The molecule has 56 heavy (non-hydrogen) atoms. The second-order valence-corrected chi connectivity index (χ2v) is 14.2. The van der Waals surface area contributed by atoms with E-state index in [9.17, 15) is 0 Å². The van der Waals surface area contributed by atoms with Crippen LogP contribution >= 0.6 is 0 Å². The predicted octanol–water partition coefficient (Wildman–Crippen LogP) is 4.02. The summed E-state index contributed by atoms with van der Waals surface area (Å²) in [7, 11) is 0. The molecule has 0 aliphatic heterocycles. The Morgan fingerprint density at radius 3 is 0.875 bits per heavy atom. The Balaban J connectivity index is 1.43. The molecule has 0 unspecified atom stereocenters. The van der Waals surface area contributed by atoms with Crippen LogP contribution in [0.4, 0.5) is 0 Å². The van der Waals surface area contributed by atoms with Crippen LogP contribution in [0.1, 0.15) is 102 Å². The first-order valence-corrected chi connectivity index (χ1v) is 20.9. The quantitative estimate of drug-likeness (QED) is 0.0614. The molecule has 0 fully saturated rings. The molecule has 0 amide bonds. The Hall–Kier alpha value is -3.68. The highest BCUT2D eigenvalue weighted by Crippen LogP contribution is 2.11. The summed E-state index contributed by atoms with van der Waals surface area (Å²) in [6.07, 6.45) is 16.7. The first-order chi connectivity index (χ1) is 27.6. The SMILES string of the molecule is CCCCOCCn1cc(CN(CCN(Cc2cn(CCOCCCC)nn2)Cc2cn(CCOCCCC)nn2)Cc2cn(CCOCCCC)nn2)nn1. The Labute approximate surface area is 333 Å². The second kappa shape index (κ2) is 27.8. The van der Waals surface area contributed by atoms with Crippen LogP contribution in [0.3, 0.4) is 0 Å². The molecule has 0 bridgehead atoms. The highest BCUT2D eigenvalue weighted by molar-refractivity contribution is 4.99. The molecule has 18 heteroatoms. The Kier molecular flexibility index (Phi) is 22.4. The summed E-state index contributed by atoms with van der Waals surface area (Å²) in [5.74, 6) is 0. The molecule has 0 atom stereocenters. The van der Waals surface area contributed by atoms with Gasteiger partial charge >= 0.3 is 0 Å². The smallest absolute Gasteiger partial charge is 0.0967 e. The molecule has 0 saturated carbocycles. The van der Waals surface area contributed by atoms with Crippen molar-refractivity contribution < 1.29 is 18.9 Å². The molecule has 314 valence electrons. The highest BCUT2D eigenvalue weighted by Gasteiger charge is 2.18. The largest absolute Gasteiger partial charge is 0.380 e. The van der Waals surface area contributed by atoms with Crippen molar-refractivity contribution in [1.82, 2.24) is 69.8 Å². The predicted molar refractivity (Wildman–Crippen MR) is 211 cm³/mol. The molecular formula is C38H68N14O4. The van der Waals surface area contributed by atoms with Gasteiger partial charge < -0.3 is 18.9 Å². The van der Waals surface area contributed by atoms with Crippen LogP contribution in [0, 0.1) is 0 Å². The molecule has 4 aromatic rings. The summed E-state index contributed by atoms with van der Waals surface area (Å²) in [4.78, 5) is 4.67. The fraction of sp³-hybridized carbons (Fsp3) is 0.789. The van der Waals surface area contributed by atoms with Crippen molar-refractivity contribution >= 4 is 0 Å². The summed E-state index contributed by atoms with van der Waals surface area (Å²) in [6, 6.07) is 0. The average molecular weight is 785 g/mol. The van der Waals surface area contributed by atoms with Gasteiger partial charge in [-0.2, -0.15) is 0 Å². The van der Waals surface area contributed by atoms with E-state index in [1.54, 1.807) is 0 Å². The van der Waals surface area contributed by atoms with Crippen molar-refractivity contribution in [2.45, 2.75) is 131 Å². The lowest BCUT2D eigenvalue weighted by atomic mass is 10.3. The molecule has 0 spiro atoms. The fourth-order valence-electron chi connectivity index (χ4n) is 5.73. The molecule has 4 aromatic heterocycles. The van der Waals surface area contributed by atoms with E-state index in [1.165, 1.54) is 0 Å². The molecule has 0 saturated heterocycles. The van der Waals surface area contributed by atoms with Crippen LogP contribution < -0.4 is 0 Å². The summed E-state index contributed by atoms with van der Waals surface area (Å²) in [6.45, 7) is 20.6. The van der Waals surface area contributed by atoms with Crippen molar-refractivity contribution in [3.05, 3.63) is 47.6 Å². The van der Waals surface area contributed by atoms with Crippen LogP contribution in [0.15, 0.2) is 24.8 Å². The highest BCUT2D eigenvalue weighted by atomic mass is 16.5. The minimum atomic E-state index is 0.597. The van der Waals surface area contributed by atoms with Crippen molar-refractivity contribution in [2.24, 2.45) is 0 Å². The molecule has 0 radical (unpaired) electrons. The lowest BCUT2D eigenvalue weighted by Crippen LogP contribution is -2.34. The minimum absolute atomic E-state index is 0.597. The number of rotatable bonds is 35. The number of hydrogen-bond donors (Lipinski definition) is 0. The summed E-state index contributed by atoms with van der Waals surface area (Å²) in [5, 5.41) is 35.6. The van der Waals surface area contributed by atoms with Gasteiger partial charge in [0.25, 0.3) is 0 Å². The van der Waals surface area contributed by atoms with Crippen molar-refractivity contribution in [3.8, 4) is 0 Å².